The fraction of sp³-hybridized carbons (Fsp3) is 0.267. The van der Waals surface area contributed by atoms with E-state index in [0.717, 1.165) is 11.3 Å². The van der Waals surface area contributed by atoms with Crippen molar-refractivity contribution >= 4 is 52.7 Å². The van der Waals surface area contributed by atoms with E-state index in [1.54, 1.807) is 47.2 Å². The van der Waals surface area contributed by atoms with Gasteiger partial charge in [-0.25, -0.2) is 0 Å². The Morgan fingerprint density at radius 1 is 0.897 bits per heavy atom. The molecule has 39 heavy (non-hydrogen) atoms. The van der Waals surface area contributed by atoms with Crippen molar-refractivity contribution in [1.82, 2.24) is 14.7 Å². The van der Waals surface area contributed by atoms with E-state index in [2.05, 4.69) is 4.90 Å². The third-order valence-corrected chi connectivity index (χ3v) is 7.54. The molecule has 6 nitrogen and oxygen atoms in total. The summed E-state index contributed by atoms with van der Waals surface area (Å²) in [5.41, 5.74) is 1.86. The summed E-state index contributed by atoms with van der Waals surface area (Å²) >= 11 is 18.6. The molecule has 204 valence electrons. The van der Waals surface area contributed by atoms with Crippen LogP contribution in [0.5, 0.6) is 5.75 Å². The van der Waals surface area contributed by atoms with Crippen LogP contribution in [0.4, 0.5) is 0 Å². The molecule has 0 unspecified atom stereocenters. The molecule has 1 heterocycles. The molecular weight excluding hydrogens is 557 g/mol. The van der Waals surface area contributed by atoms with Crippen molar-refractivity contribution in [2.75, 3.05) is 52.9 Å². The first kappa shape index (κ1) is 29.0. The first-order chi connectivity index (χ1) is 18.9. The van der Waals surface area contributed by atoms with Gasteiger partial charge in [-0.05, 0) is 36.4 Å². The fourth-order valence-corrected chi connectivity index (χ4v) is 5.17. The molecule has 1 saturated heterocycles. The van der Waals surface area contributed by atoms with Crippen LogP contribution in [0.25, 0.3) is 6.08 Å². The van der Waals surface area contributed by atoms with E-state index >= 15 is 0 Å². The van der Waals surface area contributed by atoms with Gasteiger partial charge >= 0.3 is 0 Å². The number of rotatable bonds is 9. The van der Waals surface area contributed by atoms with E-state index in [0.29, 0.717) is 72.0 Å². The highest BCUT2D eigenvalue weighted by molar-refractivity contribution is 6.36. The second-order valence-electron chi connectivity index (χ2n) is 9.13. The van der Waals surface area contributed by atoms with Gasteiger partial charge < -0.3 is 14.5 Å². The second-order valence-corrected chi connectivity index (χ2v) is 10.4. The van der Waals surface area contributed by atoms with Gasteiger partial charge in [0.1, 0.15) is 5.75 Å². The van der Waals surface area contributed by atoms with Gasteiger partial charge in [0, 0.05) is 56.4 Å². The van der Waals surface area contributed by atoms with Crippen LogP contribution < -0.4 is 4.74 Å². The van der Waals surface area contributed by atoms with Crippen molar-refractivity contribution in [3.8, 4) is 5.75 Å². The first-order valence-corrected chi connectivity index (χ1v) is 13.8. The maximum absolute atomic E-state index is 13.4. The molecule has 1 fully saturated rings. The highest BCUT2D eigenvalue weighted by Crippen LogP contribution is 2.23. The maximum Gasteiger partial charge on any atom is 0.255 e. The van der Waals surface area contributed by atoms with Crippen LogP contribution in [0.3, 0.4) is 0 Å². The number of para-hydroxylation sites is 1. The van der Waals surface area contributed by atoms with E-state index in [4.69, 9.17) is 39.5 Å². The Morgan fingerprint density at radius 2 is 1.62 bits per heavy atom. The number of hydrogen-bond donors (Lipinski definition) is 0. The van der Waals surface area contributed by atoms with Crippen molar-refractivity contribution < 1.29 is 14.3 Å². The van der Waals surface area contributed by atoms with Gasteiger partial charge in [0.2, 0.25) is 0 Å². The number of methoxy groups -OCH3 is 1. The number of nitrogens with zero attached hydrogens (tertiary/aromatic N) is 3. The van der Waals surface area contributed by atoms with Gasteiger partial charge in [-0.3, -0.25) is 14.5 Å². The van der Waals surface area contributed by atoms with Crippen molar-refractivity contribution in [3.63, 3.8) is 0 Å². The Labute approximate surface area is 244 Å². The monoisotopic (exact) mass is 585 g/mol. The average molecular weight is 587 g/mol. The summed E-state index contributed by atoms with van der Waals surface area (Å²) in [6.45, 7) is 4.13. The van der Waals surface area contributed by atoms with Gasteiger partial charge in [0.25, 0.3) is 11.8 Å². The Balaban J connectivity index is 1.39. The van der Waals surface area contributed by atoms with Crippen molar-refractivity contribution in [2.45, 2.75) is 0 Å². The highest BCUT2D eigenvalue weighted by Gasteiger charge is 2.25. The molecule has 3 aromatic carbocycles. The van der Waals surface area contributed by atoms with Gasteiger partial charge in [-0.1, -0.05) is 77.3 Å². The van der Waals surface area contributed by atoms with E-state index in [-0.39, 0.29) is 11.8 Å². The minimum Gasteiger partial charge on any atom is -0.496 e. The molecule has 0 radical (unpaired) electrons. The molecule has 0 aromatic heterocycles. The number of halogens is 3. The van der Waals surface area contributed by atoms with Crippen LogP contribution >= 0.6 is 34.8 Å². The topological polar surface area (TPSA) is 53.1 Å². The molecular formula is C30H30Cl3N3O3. The number of ether oxygens (including phenoxy) is 1. The van der Waals surface area contributed by atoms with Crippen LogP contribution in [0.1, 0.15) is 26.3 Å². The zero-order chi connectivity index (χ0) is 27.8. The molecule has 9 heteroatoms. The largest absolute Gasteiger partial charge is 0.496 e. The van der Waals surface area contributed by atoms with Gasteiger partial charge in [-0.15, -0.1) is 0 Å². The maximum atomic E-state index is 13.4. The molecule has 0 bridgehead atoms. The van der Waals surface area contributed by atoms with Crippen LogP contribution in [0, 0.1) is 0 Å². The van der Waals surface area contributed by atoms with Gasteiger partial charge in [-0.2, -0.15) is 0 Å². The normalized spacial score (nSPS) is 14.0. The Kier molecular flexibility index (Phi) is 10.3. The van der Waals surface area contributed by atoms with E-state index in [1.165, 1.54) is 0 Å². The number of amides is 2. The highest BCUT2D eigenvalue weighted by atomic mass is 35.5. The summed E-state index contributed by atoms with van der Waals surface area (Å²) in [5.74, 6) is 0.537. The standard InChI is InChI=1S/C30H30Cl3N3O3/c1-39-28-11-5-2-7-22(28)8-6-14-35(29(37)24-9-3-4-10-26(24)32)18-15-34-16-19-36(20-17-34)30(38)25-13-12-23(31)21-27(25)33/h2-13,21H,14-20H2,1H3/b8-6+. The molecule has 0 aliphatic carbocycles. The lowest BCUT2D eigenvalue weighted by atomic mass is 10.1. The smallest absolute Gasteiger partial charge is 0.255 e. The SMILES string of the molecule is COc1ccccc1/C=C/CN(CCN1CCN(C(=O)c2ccc(Cl)cc2Cl)CC1)C(=O)c1ccccc1Cl. The third kappa shape index (κ3) is 7.55. The molecule has 2 amide bonds. The number of benzene rings is 3. The lowest BCUT2D eigenvalue weighted by molar-refractivity contribution is 0.0610. The van der Waals surface area contributed by atoms with Gasteiger partial charge in [0.15, 0.2) is 0 Å². The van der Waals surface area contributed by atoms with Crippen molar-refractivity contribution in [2.24, 2.45) is 0 Å². The minimum absolute atomic E-state index is 0.103. The number of piperazine rings is 1. The number of carbonyl (C=O) groups is 2. The second kappa shape index (κ2) is 13.9. The molecule has 0 spiro atoms. The molecule has 4 rings (SSSR count). The molecule has 1 aliphatic heterocycles. The average Bonchev–Trinajstić information content (AvgIpc) is 2.95. The molecule has 0 atom stereocenters. The predicted octanol–water partition coefficient (Wildman–Crippen LogP) is 6.27. The van der Waals surface area contributed by atoms with Crippen LogP contribution in [0.2, 0.25) is 15.1 Å². The number of hydrogen-bond acceptors (Lipinski definition) is 4. The minimum atomic E-state index is -0.128. The molecule has 0 N–H and O–H groups in total. The zero-order valence-corrected chi connectivity index (χ0v) is 23.9. The van der Waals surface area contributed by atoms with E-state index in [9.17, 15) is 9.59 Å². The van der Waals surface area contributed by atoms with E-state index in [1.807, 2.05) is 48.6 Å². The Morgan fingerprint density at radius 3 is 2.33 bits per heavy atom. The molecule has 1 aliphatic rings. The lowest BCUT2D eigenvalue weighted by Crippen LogP contribution is -2.50. The molecule has 3 aromatic rings. The van der Waals surface area contributed by atoms with Crippen LogP contribution in [0.15, 0.2) is 72.8 Å². The lowest BCUT2D eigenvalue weighted by Gasteiger charge is -2.36. The quantitative estimate of drug-likeness (QED) is 0.297. The zero-order valence-electron chi connectivity index (χ0n) is 21.7. The third-order valence-electron chi connectivity index (χ3n) is 6.66. The summed E-state index contributed by atoms with van der Waals surface area (Å²) in [7, 11) is 1.64. The molecule has 0 saturated carbocycles. The van der Waals surface area contributed by atoms with Crippen molar-refractivity contribution in [1.29, 1.82) is 0 Å². The fourth-order valence-electron chi connectivity index (χ4n) is 4.46. The van der Waals surface area contributed by atoms with Crippen LogP contribution in [-0.2, 0) is 0 Å². The predicted molar refractivity (Wildman–Crippen MR) is 158 cm³/mol. The summed E-state index contributed by atoms with van der Waals surface area (Å²) in [5, 5.41) is 1.27. The first-order valence-electron chi connectivity index (χ1n) is 12.7. The summed E-state index contributed by atoms with van der Waals surface area (Å²) in [4.78, 5) is 32.3. The summed E-state index contributed by atoms with van der Waals surface area (Å²) in [6, 6.07) is 19.7. The van der Waals surface area contributed by atoms with Crippen LogP contribution in [-0.4, -0.2) is 79.4 Å². The van der Waals surface area contributed by atoms with Gasteiger partial charge in [0.05, 0.1) is 28.3 Å². The van der Waals surface area contributed by atoms with E-state index < -0.39 is 0 Å². The summed E-state index contributed by atoms with van der Waals surface area (Å²) < 4.78 is 5.43. The number of carbonyl (C=O) groups excluding carboxylic acids is 2. The summed E-state index contributed by atoms with van der Waals surface area (Å²) in [6.07, 6.45) is 3.91. The van der Waals surface area contributed by atoms with Crippen molar-refractivity contribution in [3.05, 3.63) is 105 Å². The Hall–Kier alpha value is -3.03. The Bertz CT molecular complexity index is 1340.